The Hall–Kier alpha value is -2.46. The van der Waals surface area contributed by atoms with Crippen LogP contribution in [0.4, 0.5) is 0 Å². The Morgan fingerprint density at radius 3 is 2.21 bits per heavy atom. The summed E-state index contributed by atoms with van der Waals surface area (Å²) in [6.07, 6.45) is 0. The van der Waals surface area contributed by atoms with Crippen LogP contribution in [-0.4, -0.2) is 57.3 Å². The van der Waals surface area contributed by atoms with Crippen molar-refractivity contribution >= 4 is 33.4 Å². The van der Waals surface area contributed by atoms with Gasteiger partial charge >= 0.3 is 0 Å². The lowest BCUT2D eigenvalue weighted by Gasteiger charge is -2.31. The molecule has 2 aromatic carbocycles. The number of rotatable bonds is 5. The Labute approximate surface area is 174 Å². The van der Waals surface area contributed by atoms with E-state index in [4.69, 9.17) is 11.6 Å². The summed E-state index contributed by atoms with van der Waals surface area (Å²) in [7, 11) is -3.52. The van der Waals surface area contributed by atoms with E-state index in [2.05, 4.69) is 10.9 Å². The number of hydrogen-bond acceptors (Lipinski definition) is 4. The fourth-order valence-electron chi connectivity index (χ4n) is 3.03. The first-order valence-electron chi connectivity index (χ1n) is 9.10. The van der Waals surface area contributed by atoms with Crippen molar-refractivity contribution in [3.8, 4) is 0 Å². The number of hydrazine groups is 1. The Kier molecular flexibility index (Phi) is 6.86. The Balaban J connectivity index is 1.45. The van der Waals surface area contributed by atoms with Gasteiger partial charge in [0.15, 0.2) is 6.54 Å². The van der Waals surface area contributed by atoms with Gasteiger partial charge in [-0.3, -0.25) is 20.4 Å². The Morgan fingerprint density at radius 2 is 1.59 bits per heavy atom. The SMILES string of the molecule is O=C(C[NH+]1CCN(S(=O)(=O)c2ccccc2)CC1)NNC(=O)c1ccc(Cl)cc1. The summed E-state index contributed by atoms with van der Waals surface area (Å²) in [4.78, 5) is 25.3. The summed E-state index contributed by atoms with van der Waals surface area (Å²) in [5, 5.41) is 0.516. The minimum absolute atomic E-state index is 0.139. The number of carbonyl (C=O) groups is 2. The van der Waals surface area contributed by atoms with E-state index < -0.39 is 15.9 Å². The van der Waals surface area contributed by atoms with E-state index in [1.54, 1.807) is 54.6 Å². The lowest BCUT2D eigenvalue weighted by atomic mass is 10.2. The molecule has 1 fully saturated rings. The molecule has 0 spiro atoms. The fraction of sp³-hybridized carbons (Fsp3) is 0.263. The first kappa shape index (κ1) is 21.3. The molecule has 0 radical (unpaired) electrons. The molecule has 1 heterocycles. The fourth-order valence-corrected chi connectivity index (χ4v) is 4.62. The molecule has 29 heavy (non-hydrogen) atoms. The number of sulfonamides is 1. The van der Waals surface area contributed by atoms with E-state index in [1.165, 1.54) is 4.31 Å². The molecule has 0 saturated carbocycles. The minimum Gasteiger partial charge on any atom is -0.325 e. The molecule has 0 aromatic heterocycles. The monoisotopic (exact) mass is 437 g/mol. The number of piperazine rings is 1. The molecule has 3 N–H and O–H groups in total. The number of amides is 2. The molecule has 10 heteroatoms. The summed E-state index contributed by atoms with van der Waals surface area (Å²) in [5.74, 6) is -0.787. The van der Waals surface area contributed by atoms with Gasteiger partial charge < -0.3 is 4.90 Å². The number of nitrogens with one attached hydrogen (secondary N) is 3. The van der Waals surface area contributed by atoms with Gasteiger partial charge in [0, 0.05) is 10.6 Å². The van der Waals surface area contributed by atoms with Gasteiger partial charge in [0.05, 0.1) is 31.1 Å². The van der Waals surface area contributed by atoms with E-state index >= 15 is 0 Å². The third-order valence-corrected chi connectivity index (χ3v) is 6.81. The van der Waals surface area contributed by atoms with Crippen molar-refractivity contribution in [3.63, 3.8) is 0 Å². The second kappa shape index (κ2) is 9.36. The molecular formula is C19H22ClN4O4S+. The van der Waals surface area contributed by atoms with Crippen molar-refractivity contribution < 1.29 is 22.9 Å². The molecular weight excluding hydrogens is 416 g/mol. The second-order valence-electron chi connectivity index (χ2n) is 6.65. The average molecular weight is 438 g/mol. The highest BCUT2D eigenvalue weighted by Crippen LogP contribution is 2.14. The smallest absolute Gasteiger partial charge is 0.293 e. The molecule has 0 unspecified atom stereocenters. The van der Waals surface area contributed by atoms with Gasteiger partial charge in [-0.25, -0.2) is 8.42 Å². The first-order valence-corrected chi connectivity index (χ1v) is 10.9. The second-order valence-corrected chi connectivity index (χ2v) is 9.03. The van der Waals surface area contributed by atoms with Crippen molar-refractivity contribution in [1.82, 2.24) is 15.2 Å². The zero-order valence-corrected chi connectivity index (χ0v) is 17.2. The van der Waals surface area contributed by atoms with Crippen LogP contribution >= 0.6 is 11.6 Å². The van der Waals surface area contributed by atoms with E-state index in [9.17, 15) is 18.0 Å². The van der Waals surface area contributed by atoms with Gasteiger partial charge in [0.2, 0.25) is 10.0 Å². The average Bonchev–Trinajstić information content (AvgIpc) is 2.73. The summed E-state index contributed by atoms with van der Waals surface area (Å²) < 4.78 is 26.7. The van der Waals surface area contributed by atoms with E-state index in [0.717, 1.165) is 4.90 Å². The molecule has 8 nitrogen and oxygen atoms in total. The first-order chi connectivity index (χ1) is 13.9. The molecule has 0 bridgehead atoms. The lowest BCUT2D eigenvalue weighted by molar-refractivity contribution is -0.895. The van der Waals surface area contributed by atoms with Gasteiger partial charge in [-0.1, -0.05) is 29.8 Å². The van der Waals surface area contributed by atoms with Crippen molar-refractivity contribution in [2.24, 2.45) is 0 Å². The van der Waals surface area contributed by atoms with Crippen LogP contribution in [0.25, 0.3) is 0 Å². The molecule has 2 amide bonds. The maximum atomic E-state index is 12.6. The third-order valence-electron chi connectivity index (χ3n) is 4.64. The number of nitrogens with zero attached hydrogens (tertiary/aromatic N) is 1. The van der Waals surface area contributed by atoms with Gasteiger partial charge in [0.25, 0.3) is 11.8 Å². The van der Waals surface area contributed by atoms with E-state index in [1.807, 2.05) is 0 Å². The zero-order chi connectivity index (χ0) is 20.9. The predicted molar refractivity (Wildman–Crippen MR) is 108 cm³/mol. The molecule has 1 aliphatic heterocycles. The molecule has 154 valence electrons. The number of benzene rings is 2. The minimum atomic E-state index is -3.52. The van der Waals surface area contributed by atoms with Crippen LogP contribution in [-0.2, 0) is 14.8 Å². The van der Waals surface area contributed by atoms with Crippen molar-refractivity contribution in [2.45, 2.75) is 4.90 Å². The number of carbonyl (C=O) groups excluding carboxylic acids is 2. The summed E-state index contributed by atoms with van der Waals surface area (Å²) in [6.45, 7) is 1.81. The third kappa shape index (κ3) is 5.54. The summed E-state index contributed by atoms with van der Waals surface area (Å²) >= 11 is 5.78. The van der Waals surface area contributed by atoms with Crippen LogP contribution in [0.15, 0.2) is 59.5 Å². The molecule has 0 atom stereocenters. The number of quaternary nitrogens is 1. The van der Waals surface area contributed by atoms with Crippen LogP contribution < -0.4 is 15.8 Å². The van der Waals surface area contributed by atoms with Gasteiger partial charge in [-0.15, -0.1) is 0 Å². The molecule has 2 aromatic rings. The lowest BCUT2D eigenvalue weighted by Crippen LogP contribution is -3.16. The standard InChI is InChI=1S/C19H21ClN4O4S/c20-16-8-6-15(7-9-16)19(26)22-21-18(25)14-23-10-12-24(13-11-23)29(27,28)17-4-2-1-3-5-17/h1-9H,10-14H2,(H,21,25)(H,22,26)/p+1. The molecule has 1 aliphatic rings. The quantitative estimate of drug-likeness (QED) is 0.559. The molecule has 3 rings (SSSR count). The van der Waals surface area contributed by atoms with Crippen LogP contribution in [0.1, 0.15) is 10.4 Å². The Bertz CT molecular complexity index is 959. The topological polar surface area (TPSA) is 100 Å². The van der Waals surface area contributed by atoms with Gasteiger partial charge in [-0.2, -0.15) is 4.31 Å². The van der Waals surface area contributed by atoms with Crippen molar-refractivity contribution in [1.29, 1.82) is 0 Å². The predicted octanol–water partition coefficient (Wildman–Crippen LogP) is -0.310. The molecule has 1 saturated heterocycles. The van der Waals surface area contributed by atoms with E-state index in [0.29, 0.717) is 36.8 Å². The summed E-state index contributed by atoms with van der Waals surface area (Å²) in [6, 6.07) is 14.6. The number of hydrogen-bond donors (Lipinski definition) is 3. The highest BCUT2D eigenvalue weighted by molar-refractivity contribution is 7.89. The van der Waals surface area contributed by atoms with Crippen LogP contribution in [0, 0.1) is 0 Å². The summed E-state index contributed by atoms with van der Waals surface area (Å²) in [5.41, 5.74) is 5.12. The highest BCUT2D eigenvalue weighted by atomic mass is 35.5. The van der Waals surface area contributed by atoms with Crippen molar-refractivity contribution in [3.05, 3.63) is 65.2 Å². The zero-order valence-electron chi connectivity index (χ0n) is 15.6. The van der Waals surface area contributed by atoms with Crippen LogP contribution in [0.5, 0.6) is 0 Å². The maximum Gasteiger partial charge on any atom is 0.293 e. The van der Waals surface area contributed by atoms with Gasteiger partial charge in [-0.05, 0) is 36.4 Å². The van der Waals surface area contributed by atoms with Gasteiger partial charge in [0.1, 0.15) is 0 Å². The van der Waals surface area contributed by atoms with Crippen molar-refractivity contribution in [2.75, 3.05) is 32.7 Å². The van der Waals surface area contributed by atoms with Crippen LogP contribution in [0.2, 0.25) is 5.02 Å². The maximum absolute atomic E-state index is 12.6. The number of halogens is 1. The highest BCUT2D eigenvalue weighted by Gasteiger charge is 2.31. The van der Waals surface area contributed by atoms with E-state index in [-0.39, 0.29) is 17.3 Å². The molecule has 0 aliphatic carbocycles. The largest absolute Gasteiger partial charge is 0.325 e. The van der Waals surface area contributed by atoms with Crippen LogP contribution in [0.3, 0.4) is 0 Å². The Morgan fingerprint density at radius 1 is 0.966 bits per heavy atom. The normalized spacial score (nSPS) is 15.6.